The maximum absolute atomic E-state index is 11.7. The Morgan fingerprint density at radius 2 is 2.33 bits per heavy atom. The van der Waals surface area contributed by atoms with E-state index in [1.54, 1.807) is 0 Å². The van der Waals surface area contributed by atoms with Gasteiger partial charge < -0.3 is 9.64 Å². The summed E-state index contributed by atoms with van der Waals surface area (Å²) in [5.74, 6) is -0.543. The zero-order valence-corrected chi connectivity index (χ0v) is 8.71. The lowest BCUT2D eigenvalue weighted by Crippen LogP contribution is -2.36. The Morgan fingerprint density at radius 1 is 1.60 bits per heavy atom. The Morgan fingerprint density at radius 3 is 2.93 bits per heavy atom. The molecule has 1 heterocycles. The Kier molecular flexibility index (Phi) is 4.68. The molecule has 1 rings (SSSR count). The smallest absolute Gasteiger partial charge is 0.310 e. The van der Waals surface area contributed by atoms with Crippen LogP contribution in [0.3, 0.4) is 0 Å². The van der Waals surface area contributed by atoms with Crippen LogP contribution in [0, 0.1) is 5.92 Å². The summed E-state index contributed by atoms with van der Waals surface area (Å²) in [6.07, 6.45) is 0.516. The van der Waals surface area contributed by atoms with Gasteiger partial charge in [0.05, 0.1) is 5.92 Å². The van der Waals surface area contributed by atoms with Crippen molar-refractivity contribution in [2.75, 3.05) is 26.7 Å². The van der Waals surface area contributed by atoms with E-state index in [-0.39, 0.29) is 18.5 Å². The number of ether oxygens (including phenoxy) is 1. The van der Waals surface area contributed by atoms with E-state index in [2.05, 4.69) is 0 Å². The summed E-state index contributed by atoms with van der Waals surface area (Å²) in [5.41, 5.74) is 0. The fraction of sp³-hybridized carbons (Fsp3) is 0.700. The zero-order chi connectivity index (χ0) is 11.3. The molecule has 15 heavy (non-hydrogen) atoms. The molecule has 0 radical (unpaired) electrons. The van der Waals surface area contributed by atoms with E-state index in [0.717, 1.165) is 19.4 Å². The van der Waals surface area contributed by atoms with Crippen LogP contribution in [-0.4, -0.2) is 37.6 Å². The zero-order valence-electron chi connectivity index (χ0n) is 8.71. The van der Waals surface area contributed by atoms with E-state index < -0.39 is 6.08 Å². The molecule has 0 amide bonds. The van der Waals surface area contributed by atoms with Crippen LogP contribution in [0.5, 0.6) is 0 Å². The lowest BCUT2D eigenvalue weighted by Gasteiger charge is -2.27. The van der Waals surface area contributed by atoms with Crippen molar-refractivity contribution in [3.8, 4) is 0 Å². The van der Waals surface area contributed by atoms with Crippen molar-refractivity contribution in [1.29, 1.82) is 0 Å². The first-order valence-corrected chi connectivity index (χ1v) is 4.96. The highest BCUT2D eigenvalue weighted by Gasteiger charge is 2.24. The van der Waals surface area contributed by atoms with Crippen molar-refractivity contribution >= 4 is 5.97 Å². The van der Waals surface area contributed by atoms with Crippen molar-refractivity contribution in [2.24, 2.45) is 5.92 Å². The molecule has 5 heteroatoms. The lowest BCUT2D eigenvalue weighted by molar-refractivity contribution is -0.149. The molecule has 3 nitrogen and oxygen atoms in total. The Labute approximate surface area is 87.7 Å². The van der Waals surface area contributed by atoms with Gasteiger partial charge in [-0.15, -0.1) is 0 Å². The Balaban J connectivity index is 2.30. The molecular weight excluding hydrogens is 204 g/mol. The molecular formula is C10H15F2NO2. The second-order valence-corrected chi connectivity index (χ2v) is 3.73. The van der Waals surface area contributed by atoms with Crippen LogP contribution in [0.4, 0.5) is 8.78 Å². The maximum atomic E-state index is 11.7. The van der Waals surface area contributed by atoms with Gasteiger partial charge >= 0.3 is 5.97 Å². The second kappa shape index (κ2) is 5.80. The highest BCUT2D eigenvalue weighted by atomic mass is 19.3. The standard InChI is InChI=1S/C10H15F2NO2/c1-13-5-2-3-8(7-13)10(14)15-6-4-9(11)12/h4,8H,2-3,5-7H2,1H3. The van der Waals surface area contributed by atoms with E-state index in [4.69, 9.17) is 4.74 Å². The highest BCUT2D eigenvalue weighted by molar-refractivity contribution is 5.72. The van der Waals surface area contributed by atoms with Crippen molar-refractivity contribution in [1.82, 2.24) is 4.90 Å². The summed E-state index contributed by atoms with van der Waals surface area (Å²) >= 11 is 0. The van der Waals surface area contributed by atoms with E-state index >= 15 is 0 Å². The summed E-state index contributed by atoms with van der Waals surface area (Å²) in [6, 6.07) is 0. The van der Waals surface area contributed by atoms with Gasteiger partial charge in [0.15, 0.2) is 0 Å². The molecule has 0 aromatic rings. The third-order valence-electron chi connectivity index (χ3n) is 2.42. The minimum absolute atomic E-state index is 0.167. The fourth-order valence-electron chi connectivity index (χ4n) is 1.66. The summed E-state index contributed by atoms with van der Waals surface area (Å²) in [6.45, 7) is 1.30. The molecule has 1 atom stereocenters. The number of esters is 1. The molecule has 0 spiro atoms. The van der Waals surface area contributed by atoms with Crippen molar-refractivity contribution in [3.63, 3.8) is 0 Å². The number of halogens is 2. The average Bonchev–Trinajstić information content (AvgIpc) is 2.17. The van der Waals surface area contributed by atoms with Gasteiger partial charge in [-0.2, -0.15) is 8.78 Å². The molecule has 1 aliphatic heterocycles. The normalized spacial score (nSPS) is 22.2. The molecule has 0 aromatic heterocycles. The molecule has 1 aliphatic rings. The van der Waals surface area contributed by atoms with E-state index in [0.29, 0.717) is 12.6 Å². The molecule has 0 N–H and O–H groups in total. The summed E-state index contributed by atoms with van der Waals surface area (Å²) in [4.78, 5) is 13.4. The number of hydrogen-bond acceptors (Lipinski definition) is 3. The van der Waals surface area contributed by atoms with Crippen molar-refractivity contribution in [2.45, 2.75) is 12.8 Å². The minimum atomic E-state index is -1.82. The van der Waals surface area contributed by atoms with Gasteiger partial charge in [0.1, 0.15) is 6.61 Å². The topological polar surface area (TPSA) is 29.5 Å². The van der Waals surface area contributed by atoms with Gasteiger partial charge in [-0.1, -0.05) is 0 Å². The quantitative estimate of drug-likeness (QED) is 0.676. The van der Waals surface area contributed by atoms with Crippen LogP contribution in [0.25, 0.3) is 0 Å². The molecule has 0 aliphatic carbocycles. The Bertz CT molecular complexity index is 252. The average molecular weight is 219 g/mol. The van der Waals surface area contributed by atoms with E-state index in [1.807, 2.05) is 11.9 Å². The number of hydrogen-bond donors (Lipinski definition) is 0. The van der Waals surface area contributed by atoms with Crippen LogP contribution in [0.1, 0.15) is 12.8 Å². The van der Waals surface area contributed by atoms with Crippen LogP contribution in [0.15, 0.2) is 12.2 Å². The molecule has 0 bridgehead atoms. The third kappa shape index (κ3) is 4.38. The molecule has 1 unspecified atom stereocenters. The van der Waals surface area contributed by atoms with Crippen LogP contribution in [0.2, 0.25) is 0 Å². The molecule has 1 fully saturated rings. The number of nitrogens with zero attached hydrogens (tertiary/aromatic N) is 1. The lowest BCUT2D eigenvalue weighted by atomic mass is 9.99. The molecule has 1 saturated heterocycles. The number of rotatable bonds is 3. The number of likely N-dealkylation sites (tertiary alicyclic amines) is 1. The van der Waals surface area contributed by atoms with Crippen molar-refractivity contribution < 1.29 is 18.3 Å². The van der Waals surface area contributed by atoms with Gasteiger partial charge in [0.25, 0.3) is 6.08 Å². The highest BCUT2D eigenvalue weighted by Crippen LogP contribution is 2.16. The summed E-state index contributed by atoms with van der Waals surface area (Å²) in [7, 11) is 1.93. The van der Waals surface area contributed by atoms with E-state index in [9.17, 15) is 13.6 Å². The van der Waals surface area contributed by atoms with Crippen molar-refractivity contribution in [3.05, 3.63) is 12.2 Å². The van der Waals surface area contributed by atoms with Gasteiger partial charge in [-0.05, 0) is 26.4 Å². The minimum Gasteiger partial charge on any atom is -0.461 e. The van der Waals surface area contributed by atoms with Gasteiger partial charge in [-0.25, -0.2) is 0 Å². The number of carbonyl (C=O) groups is 1. The fourth-order valence-corrected chi connectivity index (χ4v) is 1.66. The second-order valence-electron chi connectivity index (χ2n) is 3.73. The molecule has 86 valence electrons. The van der Waals surface area contributed by atoms with Gasteiger partial charge in [0, 0.05) is 12.6 Å². The largest absolute Gasteiger partial charge is 0.461 e. The SMILES string of the molecule is CN1CCCC(C(=O)OCC=C(F)F)C1. The molecule has 0 saturated carbocycles. The van der Waals surface area contributed by atoms with Crippen LogP contribution < -0.4 is 0 Å². The first kappa shape index (κ1) is 12.1. The van der Waals surface area contributed by atoms with Crippen LogP contribution >= 0.6 is 0 Å². The van der Waals surface area contributed by atoms with E-state index in [1.165, 1.54) is 0 Å². The van der Waals surface area contributed by atoms with Crippen LogP contribution in [-0.2, 0) is 9.53 Å². The first-order chi connectivity index (χ1) is 7.09. The predicted molar refractivity (Wildman–Crippen MR) is 51.5 cm³/mol. The number of piperidine rings is 1. The summed E-state index contributed by atoms with van der Waals surface area (Å²) < 4.78 is 28.0. The third-order valence-corrected chi connectivity index (χ3v) is 2.42. The maximum Gasteiger partial charge on any atom is 0.310 e. The first-order valence-electron chi connectivity index (χ1n) is 4.96. The number of carbonyl (C=O) groups excluding carboxylic acids is 1. The summed E-state index contributed by atoms with van der Waals surface area (Å²) in [5, 5.41) is 0. The van der Waals surface area contributed by atoms with Gasteiger partial charge in [-0.3, -0.25) is 4.79 Å². The molecule has 0 aromatic carbocycles. The monoisotopic (exact) mass is 219 g/mol. The predicted octanol–water partition coefficient (Wildman–Crippen LogP) is 1.65. The van der Waals surface area contributed by atoms with Gasteiger partial charge in [0.2, 0.25) is 0 Å². The Hall–Kier alpha value is -0.970.